The second-order valence-electron chi connectivity index (χ2n) is 7.99. The van der Waals surface area contributed by atoms with Gasteiger partial charge < -0.3 is 10.1 Å². The minimum absolute atomic E-state index is 0.0498. The van der Waals surface area contributed by atoms with Gasteiger partial charge in [0.2, 0.25) is 5.91 Å². The molecule has 34 heavy (non-hydrogen) atoms. The molecule has 0 aliphatic heterocycles. The summed E-state index contributed by atoms with van der Waals surface area (Å²) < 4.78 is 34.0. The van der Waals surface area contributed by atoms with Gasteiger partial charge in [-0.05, 0) is 83.7 Å². The normalized spacial score (nSPS) is 11.2. The van der Waals surface area contributed by atoms with Crippen molar-refractivity contribution in [3.63, 3.8) is 0 Å². The molecule has 0 bridgehead atoms. The Morgan fingerprint density at radius 1 is 1.03 bits per heavy atom. The molecule has 1 N–H and O–H groups in total. The zero-order valence-corrected chi connectivity index (χ0v) is 21.9. The molecule has 0 radical (unpaired) electrons. The molecule has 0 heterocycles. The molecule has 6 nitrogen and oxygen atoms in total. The molecule has 3 rings (SSSR count). The van der Waals surface area contributed by atoms with Crippen molar-refractivity contribution in [2.45, 2.75) is 38.0 Å². The highest BCUT2D eigenvalue weighted by Crippen LogP contribution is 2.31. The molecule has 0 saturated carbocycles. The number of methoxy groups -OCH3 is 1. The molecule has 0 aliphatic carbocycles. The van der Waals surface area contributed by atoms with E-state index in [0.29, 0.717) is 21.6 Å². The van der Waals surface area contributed by atoms with Crippen LogP contribution in [-0.4, -0.2) is 28.0 Å². The molecule has 180 valence electrons. The number of nitrogens with one attached hydrogen (secondary N) is 1. The van der Waals surface area contributed by atoms with Crippen molar-refractivity contribution in [2.24, 2.45) is 0 Å². The first-order valence-electron chi connectivity index (χ1n) is 11.1. The van der Waals surface area contributed by atoms with Gasteiger partial charge in [0, 0.05) is 5.69 Å². The summed E-state index contributed by atoms with van der Waals surface area (Å²) in [6.45, 7) is 3.69. The summed E-state index contributed by atoms with van der Waals surface area (Å²) in [7, 11) is -2.52. The first kappa shape index (κ1) is 25.8. The first-order chi connectivity index (χ1) is 16.2. The van der Waals surface area contributed by atoms with Crippen LogP contribution in [0.4, 0.5) is 11.4 Å². The van der Waals surface area contributed by atoms with E-state index in [1.54, 1.807) is 18.2 Å². The average Bonchev–Trinajstić information content (AvgIpc) is 2.82. The lowest BCUT2D eigenvalue weighted by atomic mass is 10.1. The van der Waals surface area contributed by atoms with E-state index in [2.05, 4.69) is 28.2 Å². The van der Waals surface area contributed by atoms with E-state index < -0.39 is 15.9 Å². The number of aryl methyl sites for hydroxylation is 2. The summed E-state index contributed by atoms with van der Waals surface area (Å²) in [5.74, 6) is 0.0824. The predicted molar refractivity (Wildman–Crippen MR) is 140 cm³/mol. The number of sulfonamides is 1. The van der Waals surface area contributed by atoms with Crippen LogP contribution in [-0.2, 0) is 21.2 Å². The van der Waals surface area contributed by atoms with Crippen molar-refractivity contribution >= 4 is 43.2 Å². The molecule has 1 amide bonds. The average molecular weight is 545 g/mol. The molecule has 0 spiro atoms. The maximum Gasteiger partial charge on any atom is 0.264 e. The minimum Gasteiger partial charge on any atom is -0.496 e. The van der Waals surface area contributed by atoms with Gasteiger partial charge >= 0.3 is 0 Å². The van der Waals surface area contributed by atoms with Crippen molar-refractivity contribution in [1.29, 1.82) is 0 Å². The summed E-state index contributed by atoms with van der Waals surface area (Å²) in [5, 5.41) is 2.82. The van der Waals surface area contributed by atoms with Crippen LogP contribution in [0, 0.1) is 6.92 Å². The lowest BCUT2D eigenvalue weighted by molar-refractivity contribution is -0.114. The fourth-order valence-electron chi connectivity index (χ4n) is 3.43. The van der Waals surface area contributed by atoms with E-state index in [-0.39, 0.29) is 11.4 Å². The molecule has 0 fully saturated rings. The van der Waals surface area contributed by atoms with Gasteiger partial charge in [-0.2, -0.15) is 0 Å². The SMILES string of the molecule is CCCCc1ccc(NC(=O)CN(c2ccc(C)cc2)S(=O)(=O)c2ccc(OC)c(Br)c2)cc1. The van der Waals surface area contributed by atoms with Gasteiger partial charge in [-0.15, -0.1) is 0 Å². The third kappa shape index (κ3) is 6.39. The summed E-state index contributed by atoms with van der Waals surface area (Å²) in [6.07, 6.45) is 3.21. The molecule has 0 saturated heterocycles. The van der Waals surface area contributed by atoms with Gasteiger partial charge in [-0.1, -0.05) is 43.2 Å². The number of rotatable bonds is 10. The Balaban J connectivity index is 1.87. The predicted octanol–water partition coefficient (Wildman–Crippen LogP) is 5.94. The van der Waals surface area contributed by atoms with Crippen molar-refractivity contribution in [3.8, 4) is 5.75 Å². The van der Waals surface area contributed by atoms with Gasteiger partial charge in [-0.25, -0.2) is 8.42 Å². The van der Waals surface area contributed by atoms with E-state index in [1.807, 2.05) is 43.3 Å². The molecule has 0 unspecified atom stereocenters. The quantitative estimate of drug-likeness (QED) is 0.342. The van der Waals surface area contributed by atoms with Gasteiger partial charge in [0.05, 0.1) is 22.2 Å². The van der Waals surface area contributed by atoms with E-state index in [0.717, 1.165) is 29.1 Å². The van der Waals surface area contributed by atoms with Crippen LogP contribution in [0.15, 0.2) is 76.1 Å². The number of carbonyl (C=O) groups excluding carboxylic acids is 1. The standard InChI is InChI=1S/C26H29BrN2O4S/c1-4-5-6-20-9-11-21(12-10-20)28-26(30)18-29(22-13-7-19(2)8-14-22)34(31,32)23-15-16-25(33-3)24(27)17-23/h7-17H,4-6,18H2,1-3H3,(H,28,30). The lowest BCUT2D eigenvalue weighted by Gasteiger charge is -2.24. The smallest absolute Gasteiger partial charge is 0.264 e. The van der Waals surface area contributed by atoms with Gasteiger partial charge in [0.1, 0.15) is 12.3 Å². The lowest BCUT2D eigenvalue weighted by Crippen LogP contribution is -2.38. The highest BCUT2D eigenvalue weighted by molar-refractivity contribution is 9.10. The van der Waals surface area contributed by atoms with Crippen molar-refractivity contribution in [2.75, 3.05) is 23.3 Å². The third-order valence-electron chi connectivity index (χ3n) is 5.38. The molecule has 0 aliphatic rings. The fourth-order valence-corrected chi connectivity index (χ4v) is 5.57. The molecular formula is C26H29BrN2O4S. The van der Waals surface area contributed by atoms with Crippen molar-refractivity contribution in [3.05, 3.63) is 82.3 Å². The van der Waals surface area contributed by atoms with Gasteiger partial charge in [0.15, 0.2) is 0 Å². The Labute approximate surface area is 210 Å². The largest absolute Gasteiger partial charge is 0.496 e. The Morgan fingerprint density at radius 3 is 2.29 bits per heavy atom. The topological polar surface area (TPSA) is 75.7 Å². The Hall–Kier alpha value is -2.84. The van der Waals surface area contributed by atoms with Crippen LogP contribution in [0.2, 0.25) is 0 Å². The summed E-state index contributed by atoms with van der Waals surface area (Å²) in [6, 6.07) is 19.2. The number of amides is 1. The second kappa shape index (κ2) is 11.5. The molecule has 8 heteroatoms. The highest BCUT2D eigenvalue weighted by Gasteiger charge is 2.28. The summed E-state index contributed by atoms with van der Waals surface area (Å²) >= 11 is 3.34. The minimum atomic E-state index is -4.03. The number of carbonyl (C=O) groups is 1. The van der Waals surface area contributed by atoms with E-state index in [1.165, 1.54) is 24.8 Å². The van der Waals surface area contributed by atoms with Crippen LogP contribution in [0.5, 0.6) is 5.75 Å². The molecule has 3 aromatic carbocycles. The number of benzene rings is 3. The number of ether oxygens (including phenoxy) is 1. The number of halogens is 1. The van der Waals surface area contributed by atoms with Crippen LogP contribution >= 0.6 is 15.9 Å². The number of hydrogen-bond acceptors (Lipinski definition) is 4. The zero-order chi connectivity index (χ0) is 24.7. The summed E-state index contributed by atoms with van der Waals surface area (Å²) in [5.41, 5.74) is 3.22. The summed E-state index contributed by atoms with van der Waals surface area (Å²) in [4.78, 5) is 13.0. The van der Waals surface area contributed by atoms with Crippen LogP contribution in [0.1, 0.15) is 30.9 Å². The van der Waals surface area contributed by atoms with E-state index >= 15 is 0 Å². The third-order valence-corrected chi connectivity index (χ3v) is 7.77. The fraction of sp³-hybridized carbons (Fsp3) is 0.269. The van der Waals surface area contributed by atoms with Crippen LogP contribution < -0.4 is 14.4 Å². The number of hydrogen-bond donors (Lipinski definition) is 1. The second-order valence-corrected chi connectivity index (χ2v) is 10.7. The van der Waals surface area contributed by atoms with E-state index in [9.17, 15) is 13.2 Å². The first-order valence-corrected chi connectivity index (χ1v) is 13.3. The van der Waals surface area contributed by atoms with E-state index in [4.69, 9.17) is 4.74 Å². The molecule has 3 aromatic rings. The van der Waals surface area contributed by atoms with Crippen molar-refractivity contribution in [1.82, 2.24) is 0 Å². The van der Waals surface area contributed by atoms with Crippen LogP contribution in [0.3, 0.4) is 0 Å². The van der Waals surface area contributed by atoms with Gasteiger partial charge in [0.25, 0.3) is 10.0 Å². The zero-order valence-electron chi connectivity index (χ0n) is 19.5. The number of unbranched alkanes of at least 4 members (excludes halogenated alkanes) is 1. The van der Waals surface area contributed by atoms with Crippen LogP contribution in [0.25, 0.3) is 0 Å². The Bertz CT molecular complexity index is 1230. The highest BCUT2D eigenvalue weighted by atomic mass is 79.9. The van der Waals surface area contributed by atoms with Gasteiger partial charge in [-0.3, -0.25) is 9.10 Å². The van der Waals surface area contributed by atoms with Crippen molar-refractivity contribution < 1.29 is 17.9 Å². The number of nitrogens with zero attached hydrogens (tertiary/aromatic N) is 1. The Morgan fingerprint density at radius 2 is 1.71 bits per heavy atom. The molecular weight excluding hydrogens is 516 g/mol. The monoisotopic (exact) mass is 544 g/mol. The molecule has 0 aromatic heterocycles. The Kier molecular flexibility index (Phi) is 8.74. The number of anilines is 2. The molecule has 0 atom stereocenters. The maximum absolute atomic E-state index is 13.6. The maximum atomic E-state index is 13.6.